The maximum absolute atomic E-state index is 13.4. The van der Waals surface area contributed by atoms with Gasteiger partial charge in [-0.3, -0.25) is 9.59 Å². The fourth-order valence-corrected chi connectivity index (χ4v) is 4.33. The Kier molecular flexibility index (Phi) is 4.71. The lowest BCUT2D eigenvalue weighted by atomic mass is 9.75. The van der Waals surface area contributed by atoms with Crippen LogP contribution < -0.4 is 5.32 Å². The molecule has 1 aliphatic rings. The first-order valence-corrected chi connectivity index (χ1v) is 9.06. The number of likely N-dealkylation sites (N-methyl/N-ethyl adjacent to an activating group) is 1. The Morgan fingerprint density at radius 3 is 2.75 bits per heavy atom. The van der Waals surface area contributed by atoms with E-state index in [-0.39, 0.29) is 11.8 Å². The van der Waals surface area contributed by atoms with Crippen LogP contribution in [0.4, 0.5) is 0 Å². The Bertz CT molecular complexity index is 742. The zero-order valence-electron chi connectivity index (χ0n) is 14.0. The highest BCUT2D eigenvalue weighted by Crippen LogP contribution is 2.37. The number of benzene rings is 1. The molecule has 24 heavy (non-hydrogen) atoms. The average molecular weight is 342 g/mol. The minimum atomic E-state index is -0.952. The van der Waals surface area contributed by atoms with Gasteiger partial charge in [-0.2, -0.15) is 0 Å². The third kappa shape index (κ3) is 3.08. The van der Waals surface area contributed by atoms with Crippen molar-refractivity contribution >= 4 is 23.2 Å². The maximum Gasteiger partial charge on any atom is 0.253 e. The first-order valence-electron chi connectivity index (χ1n) is 8.18. The van der Waals surface area contributed by atoms with Gasteiger partial charge in [0.2, 0.25) is 5.91 Å². The van der Waals surface area contributed by atoms with E-state index in [0.29, 0.717) is 13.0 Å². The van der Waals surface area contributed by atoms with E-state index >= 15 is 0 Å². The van der Waals surface area contributed by atoms with Crippen molar-refractivity contribution in [2.24, 2.45) is 0 Å². The van der Waals surface area contributed by atoms with Gasteiger partial charge in [-0.15, -0.1) is 11.3 Å². The highest BCUT2D eigenvalue weighted by molar-refractivity contribution is 7.09. The summed E-state index contributed by atoms with van der Waals surface area (Å²) in [5, 5.41) is 4.99. The topological polar surface area (TPSA) is 49.4 Å². The highest BCUT2D eigenvalue weighted by atomic mass is 32.1. The Balaban J connectivity index is 1.97. The second-order valence-corrected chi connectivity index (χ2v) is 7.37. The summed E-state index contributed by atoms with van der Waals surface area (Å²) in [5.41, 5.74) is 1.14. The molecule has 0 saturated heterocycles. The van der Waals surface area contributed by atoms with Gasteiger partial charge in [0.15, 0.2) is 0 Å². The molecule has 0 unspecified atom stereocenters. The van der Waals surface area contributed by atoms with Crippen LogP contribution >= 0.6 is 11.3 Å². The molecule has 3 rings (SSSR count). The lowest BCUT2D eigenvalue weighted by molar-refractivity contribution is -0.142. The fourth-order valence-electron chi connectivity index (χ4n) is 3.57. The molecule has 2 amide bonds. The summed E-state index contributed by atoms with van der Waals surface area (Å²) in [6, 6.07) is 12.0. The normalized spacial score (nSPS) is 19.4. The molecule has 0 aliphatic heterocycles. The smallest absolute Gasteiger partial charge is 0.253 e. The van der Waals surface area contributed by atoms with Crippen LogP contribution in [0.2, 0.25) is 0 Å². The van der Waals surface area contributed by atoms with Crippen molar-refractivity contribution in [3.63, 3.8) is 0 Å². The Labute approximate surface area is 146 Å². The van der Waals surface area contributed by atoms with Crippen molar-refractivity contribution in [1.82, 2.24) is 10.2 Å². The molecule has 0 radical (unpaired) electrons. The third-order valence-electron chi connectivity index (χ3n) is 4.55. The van der Waals surface area contributed by atoms with Gasteiger partial charge in [0.05, 0.1) is 6.54 Å². The fraction of sp³-hybridized carbons (Fsp3) is 0.368. The molecular weight excluding hydrogens is 320 g/mol. The summed E-state index contributed by atoms with van der Waals surface area (Å²) >= 11 is 1.63. The van der Waals surface area contributed by atoms with Crippen molar-refractivity contribution in [2.45, 2.75) is 38.3 Å². The molecule has 126 valence electrons. The highest BCUT2D eigenvalue weighted by Gasteiger charge is 2.45. The summed E-state index contributed by atoms with van der Waals surface area (Å²) in [6.07, 6.45) is 2.46. The number of nitrogens with one attached hydrogen (secondary N) is 1. The zero-order chi connectivity index (χ0) is 17.2. The molecule has 0 spiro atoms. The Morgan fingerprint density at radius 1 is 1.25 bits per heavy atom. The largest absolute Gasteiger partial charge is 0.338 e. The zero-order valence-corrected chi connectivity index (χ0v) is 14.9. The van der Waals surface area contributed by atoms with Gasteiger partial charge in [-0.25, -0.2) is 0 Å². The number of hydrogen-bond acceptors (Lipinski definition) is 3. The monoisotopic (exact) mass is 342 g/mol. The lowest BCUT2D eigenvalue weighted by Gasteiger charge is -2.40. The van der Waals surface area contributed by atoms with Crippen LogP contribution in [0.3, 0.4) is 0 Å². The Hall–Kier alpha value is -2.14. The van der Waals surface area contributed by atoms with E-state index in [4.69, 9.17) is 0 Å². The number of hydrogen-bond donors (Lipinski definition) is 1. The number of aryl methyl sites for hydroxylation is 1. The number of rotatable bonds is 4. The van der Waals surface area contributed by atoms with Gasteiger partial charge in [-0.05, 0) is 41.8 Å². The number of fused-ring (bicyclic) bond motifs is 1. The second-order valence-electron chi connectivity index (χ2n) is 6.34. The van der Waals surface area contributed by atoms with Gasteiger partial charge in [0, 0.05) is 18.8 Å². The number of thiophene rings is 1. The number of carbonyl (C=O) groups is 2. The van der Waals surface area contributed by atoms with Gasteiger partial charge >= 0.3 is 0 Å². The minimum absolute atomic E-state index is 0.0433. The first-order chi connectivity index (χ1) is 11.5. The lowest BCUT2D eigenvalue weighted by Crippen LogP contribution is -2.57. The minimum Gasteiger partial charge on any atom is -0.338 e. The molecular formula is C19H22N2O2S. The molecule has 1 N–H and O–H groups in total. The molecule has 2 aromatic rings. The quantitative estimate of drug-likeness (QED) is 0.928. The van der Waals surface area contributed by atoms with E-state index < -0.39 is 5.54 Å². The summed E-state index contributed by atoms with van der Waals surface area (Å²) in [4.78, 5) is 28.1. The third-order valence-corrected chi connectivity index (χ3v) is 5.41. The predicted octanol–water partition coefficient (Wildman–Crippen LogP) is 3.07. The van der Waals surface area contributed by atoms with E-state index in [1.165, 1.54) is 6.92 Å². The van der Waals surface area contributed by atoms with Crippen LogP contribution in [0.1, 0.15) is 35.8 Å². The van der Waals surface area contributed by atoms with Crippen molar-refractivity contribution < 1.29 is 9.59 Å². The van der Waals surface area contributed by atoms with Gasteiger partial charge in [0.1, 0.15) is 5.54 Å². The van der Waals surface area contributed by atoms with E-state index in [0.717, 1.165) is 28.8 Å². The van der Waals surface area contributed by atoms with Gasteiger partial charge < -0.3 is 10.2 Å². The number of carbonyl (C=O) groups excluding carboxylic acids is 2. The molecule has 0 fully saturated rings. The molecule has 0 saturated carbocycles. The standard InChI is InChI=1S/C19H22N2O2S/c1-14(22)20-19(11-5-8-15-7-3-4-10-17(15)19)18(23)21(2)13-16-9-6-12-24-16/h3-4,6-7,9-10,12H,5,8,11,13H2,1-2H3,(H,20,22)/t19-/m1/s1. The molecule has 1 aromatic heterocycles. The van der Waals surface area contributed by atoms with Gasteiger partial charge in [0.25, 0.3) is 5.91 Å². The molecule has 1 aliphatic carbocycles. The summed E-state index contributed by atoms with van der Waals surface area (Å²) in [6.45, 7) is 2.03. The first kappa shape index (κ1) is 16.7. The van der Waals surface area contributed by atoms with Crippen molar-refractivity contribution in [3.8, 4) is 0 Å². The van der Waals surface area contributed by atoms with Gasteiger partial charge in [-0.1, -0.05) is 30.3 Å². The van der Waals surface area contributed by atoms with Crippen LogP contribution in [0.5, 0.6) is 0 Å². The van der Waals surface area contributed by atoms with Crippen LogP contribution in [0.25, 0.3) is 0 Å². The molecule has 0 bridgehead atoms. The Morgan fingerprint density at radius 2 is 2.04 bits per heavy atom. The SMILES string of the molecule is CC(=O)N[C@]1(C(=O)N(C)Cc2cccs2)CCCc2ccccc21. The van der Waals surface area contributed by atoms with Crippen LogP contribution in [-0.2, 0) is 28.1 Å². The van der Waals surface area contributed by atoms with E-state index in [1.54, 1.807) is 16.2 Å². The van der Waals surface area contributed by atoms with E-state index in [9.17, 15) is 9.59 Å². The average Bonchev–Trinajstić information content (AvgIpc) is 3.07. The van der Waals surface area contributed by atoms with Crippen molar-refractivity contribution in [1.29, 1.82) is 0 Å². The second kappa shape index (κ2) is 6.77. The molecule has 1 heterocycles. The summed E-state index contributed by atoms with van der Waals surface area (Å²) < 4.78 is 0. The van der Waals surface area contributed by atoms with E-state index in [1.807, 2.05) is 42.8 Å². The van der Waals surface area contributed by atoms with Crippen LogP contribution in [-0.4, -0.2) is 23.8 Å². The van der Waals surface area contributed by atoms with Crippen LogP contribution in [0, 0.1) is 0 Å². The molecule has 1 aromatic carbocycles. The molecule has 5 heteroatoms. The van der Waals surface area contributed by atoms with E-state index in [2.05, 4.69) is 11.4 Å². The van der Waals surface area contributed by atoms with Crippen molar-refractivity contribution in [3.05, 3.63) is 57.8 Å². The van der Waals surface area contributed by atoms with Crippen molar-refractivity contribution in [2.75, 3.05) is 7.05 Å². The maximum atomic E-state index is 13.4. The van der Waals surface area contributed by atoms with Crippen LogP contribution in [0.15, 0.2) is 41.8 Å². The predicted molar refractivity (Wildman–Crippen MR) is 95.7 cm³/mol. The number of amides is 2. The molecule has 4 nitrogen and oxygen atoms in total. The summed E-state index contributed by atoms with van der Waals surface area (Å²) in [7, 11) is 1.81. The molecule has 1 atom stereocenters. The summed E-state index contributed by atoms with van der Waals surface area (Å²) in [5.74, 6) is -0.220. The number of nitrogens with zero attached hydrogens (tertiary/aromatic N) is 1.